The lowest BCUT2D eigenvalue weighted by Crippen LogP contribution is -2.42. The lowest BCUT2D eigenvalue weighted by atomic mass is 9.65. The van der Waals surface area contributed by atoms with Gasteiger partial charge in [-0.1, -0.05) is 112 Å². The summed E-state index contributed by atoms with van der Waals surface area (Å²) in [4.78, 5) is 79.0. The highest BCUT2D eigenvalue weighted by molar-refractivity contribution is 6.05. The number of carbonyl (C=O) groups is 6. The number of amides is 6. The van der Waals surface area contributed by atoms with Crippen LogP contribution in [0.1, 0.15) is 210 Å². The number of benzene rings is 3. The molecule has 13 rings (SSSR count). The summed E-state index contributed by atoms with van der Waals surface area (Å²) < 4.78 is 16.5. The van der Waals surface area contributed by atoms with Crippen molar-refractivity contribution in [2.75, 3.05) is 69.7 Å². The molecule has 7 fully saturated rings. The highest BCUT2D eigenvalue weighted by Crippen LogP contribution is 2.57. The number of nitrogen functional groups attached to an aromatic ring is 3. The molecule has 3 spiro atoms. The Balaban J connectivity index is 0.000000153. The van der Waals surface area contributed by atoms with E-state index < -0.39 is 23.8 Å². The van der Waals surface area contributed by atoms with Crippen LogP contribution >= 0.6 is 0 Å². The van der Waals surface area contributed by atoms with E-state index in [4.69, 9.17) is 54.1 Å². The smallest absolute Gasteiger partial charge is 0.298 e. The largest absolute Gasteiger partial charge is 0.388 e. The van der Waals surface area contributed by atoms with Crippen molar-refractivity contribution in [2.24, 2.45) is 45.3 Å². The maximum Gasteiger partial charge on any atom is 0.298 e. The van der Waals surface area contributed by atoms with E-state index in [0.29, 0.717) is 67.4 Å². The first-order valence-electron chi connectivity index (χ1n) is 35.5. The topological polar surface area (TPSA) is 360 Å². The van der Waals surface area contributed by atoms with Gasteiger partial charge in [0.15, 0.2) is 0 Å². The summed E-state index contributed by atoms with van der Waals surface area (Å²) in [6, 6.07) is 23.1. The van der Waals surface area contributed by atoms with Gasteiger partial charge in [-0.3, -0.25) is 28.8 Å². The van der Waals surface area contributed by atoms with Crippen molar-refractivity contribution < 1.29 is 43.3 Å². The molecule has 3 aromatic carbocycles. The Morgan fingerprint density at radius 3 is 1.20 bits per heavy atom. The molecule has 534 valence electrons. The minimum Gasteiger partial charge on any atom is -0.388 e. The lowest BCUT2D eigenvalue weighted by molar-refractivity contribution is -0.126. The number of nitrogens with zero attached hydrogens (tertiary/aromatic N) is 9. The van der Waals surface area contributed by atoms with E-state index in [1.54, 1.807) is 14.0 Å². The number of likely N-dealkylation sites (tertiary alicyclic amines) is 3. The number of aromatic nitrogens is 6. The van der Waals surface area contributed by atoms with Crippen LogP contribution in [0.25, 0.3) is 33.8 Å². The number of carbonyl (C=O) groups excluding carboxylic acids is 6. The van der Waals surface area contributed by atoms with Crippen LogP contribution in [-0.2, 0) is 23.9 Å². The average molecular weight is 1380 g/mol. The molecular weight excluding hydrogens is 1280 g/mol. The van der Waals surface area contributed by atoms with Crippen LogP contribution in [-0.4, -0.2) is 137 Å². The fourth-order valence-electron chi connectivity index (χ4n) is 15.8. The number of primary amides is 3. The molecular formula is C77H97N15O9. The van der Waals surface area contributed by atoms with E-state index in [2.05, 4.69) is 35.4 Å². The summed E-state index contributed by atoms with van der Waals surface area (Å²) in [7, 11) is 0. The Morgan fingerprint density at radius 1 is 0.545 bits per heavy atom. The molecule has 6 heterocycles. The number of hydrogen-bond donors (Lipinski definition) is 7. The van der Waals surface area contributed by atoms with Crippen LogP contribution in [0.2, 0.25) is 0 Å². The average Bonchev–Trinajstić information content (AvgIpc) is 1.61. The van der Waals surface area contributed by atoms with Crippen LogP contribution in [0.4, 0.5) is 17.5 Å². The fourth-order valence-corrected chi connectivity index (χ4v) is 15.8. The summed E-state index contributed by atoms with van der Waals surface area (Å²) in [6.45, 7) is 23.0. The predicted molar refractivity (Wildman–Crippen MR) is 386 cm³/mol. The van der Waals surface area contributed by atoms with Gasteiger partial charge in [-0.15, -0.1) is 0 Å². The van der Waals surface area contributed by atoms with Crippen molar-refractivity contribution in [1.82, 2.24) is 44.0 Å². The third-order valence-electron chi connectivity index (χ3n) is 21.6. The number of aliphatic hydroxyl groups excluding tert-OH is 1. The number of rotatable bonds is 18. The highest BCUT2D eigenvalue weighted by Gasteiger charge is 2.54. The highest BCUT2D eigenvalue weighted by atomic mass is 16.5. The van der Waals surface area contributed by atoms with Gasteiger partial charge in [0.25, 0.3) is 29.5 Å². The van der Waals surface area contributed by atoms with Crippen molar-refractivity contribution in [3.8, 4) is 57.5 Å². The first-order valence-corrected chi connectivity index (χ1v) is 35.5. The molecule has 4 saturated carbocycles. The first kappa shape index (κ1) is 72.5. The minimum atomic E-state index is -0.618. The van der Waals surface area contributed by atoms with E-state index in [1.165, 1.54) is 6.08 Å². The molecule has 0 bridgehead atoms. The second kappa shape index (κ2) is 29.8. The Kier molecular flexibility index (Phi) is 21.4. The Labute approximate surface area is 590 Å². The summed E-state index contributed by atoms with van der Waals surface area (Å²) in [6.07, 6.45) is 11.6. The summed E-state index contributed by atoms with van der Waals surface area (Å²) in [5.41, 5.74) is 43.8. The number of nitrogens with two attached hydrogens (primary N) is 6. The molecule has 24 nitrogen and oxygen atoms in total. The predicted octanol–water partition coefficient (Wildman–Crippen LogP) is 9.25. The van der Waals surface area contributed by atoms with Gasteiger partial charge >= 0.3 is 0 Å². The molecule has 13 N–H and O–H groups in total. The maximum atomic E-state index is 12.4. The van der Waals surface area contributed by atoms with Gasteiger partial charge < -0.3 is 63.7 Å². The SMILES string of the molecule is C=CC(=O)N1CCC2(CC(n3nc(-c4ccc(C(O)C(C)C)cc4)c(C(N)=O)c3N)C2)C1.CCC#CC(=O)N1CCC2(CC(n3nc(-c4ccc(C(C)OCC)cc4)c(C(N)=O)c3N)C2)C1.CCOC(C)c1ccc(-c2nn(C3CC4(CCN(C(=O)C#CC5CC5)C4)C3)c(N)c2C(N)=O)cc1. The van der Waals surface area contributed by atoms with Crippen molar-refractivity contribution in [3.05, 3.63) is 119 Å². The number of aliphatic hydroxyl groups is 1. The number of hydrogen-bond acceptors (Lipinski definition) is 15. The van der Waals surface area contributed by atoms with E-state index in [-0.39, 0.29) is 92.7 Å². The molecule has 6 amide bonds. The van der Waals surface area contributed by atoms with E-state index in [1.807, 2.05) is 136 Å². The van der Waals surface area contributed by atoms with Crippen molar-refractivity contribution in [2.45, 2.75) is 162 Å². The normalized spacial score (nSPS) is 23.2. The van der Waals surface area contributed by atoms with Gasteiger partial charge in [0.1, 0.15) is 51.2 Å². The van der Waals surface area contributed by atoms with Crippen LogP contribution in [0.3, 0.4) is 0 Å². The van der Waals surface area contributed by atoms with Crippen LogP contribution in [0, 0.1) is 51.8 Å². The van der Waals surface area contributed by atoms with Gasteiger partial charge in [-0.2, -0.15) is 15.3 Å². The van der Waals surface area contributed by atoms with E-state index in [0.717, 1.165) is 130 Å². The van der Waals surface area contributed by atoms with E-state index >= 15 is 0 Å². The van der Waals surface area contributed by atoms with Crippen molar-refractivity contribution in [3.63, 3.8) is 0 Å². The van der Waals surface area contributed by atoms with Crippen LogP contribution < -0.4 is 34.4 Å². The molecule has 24 heteroatoms. The second-order valence-corrected chi connectivity index (χ2v) is 29.1. The summed E-state index contributed by atoms with van der Waals surface area (Å²) in [5, 5.41) is 24.5. The molecule has 3 aromatic heterocycles. The van der Waals surface area contributed by atoms with Gasteiger partial charge in [0.05, 0.1) is 36.4 Å². The van der Waals surface area contributed by atoms with Crippen molar-refractivity contribution >= 4 is 52.9 Å². The Morgan fingerprint density at radius 2 is 0.881 bits per heavy atom. The van der Waals surface area contributed by atoms with Gasteiger partial charge in [-0.05, 0) is 155 Å². The van der Waals surface area contributed by atoms with Gasteiger partial charge in [-0.25, -0.2) is 14.0 Å². The first-order chi connectivity index (χ1) is 48.2. The van der Waals surface area contributed by atoms with Crippen LogP contribution in [0.5, 0.6) is 0 Å². The molecule has 6 aromatic rings. The Hall–Kier alpha value is -9.75. The quantitative estimate of drug-likeness (QED) is 0.0311. The standard InChI is InChI=1S/C27H33N5O3.C26H33N5O3.C24H31N5O3/c1-3-35-17(2)19-7-9-20(10-8-19)24-23(26(29)34)25(28)32(30-24)21-14-27(15-21)12-13-31(16-27)22(33)11-6-18-4-5-18;1-4-6-7-21(32)30-13-12-26(16-30)14-20(15-26)31-24(27)22(25(28)33)23(29-31)19-10-8-18(9-11-19)17(3)34-5-2;1-4-18(30)28-10-9-24(13-28)11-17(12-24)29-22(25)19(23(26)32)20(27-29)15-5-7-16(8-6-15)21(31)14(2)3/h7-10,17-18,21H,3-5,12-16,28H2,1-2H3,(H2,29,34);8-11,17,20H,4-5,12-16,27H2,1-3H3,(H2,28,33);4-8,14,17,21,31H,1,9-13,25H2,2-3H3,(H2,26,32). The molecule has 0 radical (unpaired) electrons. The molecule has 7 aliphatic rings. The molecule has 3 saturated heterocycles. The summed E-state index contributed by atoms with van der Waals surface area (Å²) >= 11 is 0. The third-order valence-corrected chi connectivity index (χ3v) is 21.6. The number of ether oxygens (including phenoxy) is 2. The Bertz CT molecular complexity index is 4240. The molecule has 101 heavy (non-hydrogen) atoms. The molecule has 4 aliphatic carbocycles. The zero-order valence-corrected chi connectivity index (χ0v) is 59.2. The minimum absolute atomic E-state index is 0.0176. The second-order valence-electron chi connectivity index (χ2n) is 29.1. The zero-order chi connectivity index (χ0) is 72.4. The third kappa shape index (κ3) is 15.2. The van der Waals surface area contributed by atoms with Gasteiger partial charge in [0, 0.05) is 81.5 Å². The molecule has 3 unspecified atom stereocenters. The zero-order valence-electron chi connectivity index (χ0n) is 59.2. The maximum absolute atomic E-state index is 12.4. The van der Waals surface area contributed by atoms with Crippen LogP contribution in [0.15, 0.2) is 85.5 Å². The monoisotopic (exact) mass is 1380 g/mol. The van der Waals surface area contributed by atoms with Crippen molar-refractivity contribution in [1.29, 1.82) is 0 Å². The fraction of sp³-hybridized carbons (Fsp3) is 0.494. The molecule has 3 atom stereocenters. The summed E-state index contributed by atoms with van der Waals surface area (Å²) in [5.74, 6) is 10.9. The van der Waals surface area contributed by atoms with E-state index in [9.17, 15) is 33.9 Å². The van der Waals surface area contributed by atoms with Gasteiger partial charge in [0.2, 0.25) is 5.91 Å². The number of anilines is 3. The molecule has 3 aliphatic heterocycles. The lowest BCUT2D eigenvalue weighted by Gasteiger charge is -2.45.